The number of hydrogen-bond donors (Lipinski definition) is 2. The van der Waals surface area contributed by atoms with E-state index in [-0.39, 0.29) is 4.90 Å². The van der Waals surface area contributed by atoms with E-state index in [2.05, 4.69) is 0 Å². The van der Waals surface area contributed by atoms with Crippen LogP contribution in [0.4, 0.5) is 0 Å². The van der Waals surface area contributed by atoms with Crippen LogP contribution >= 0.6 is 0 Å². The highest BCUT2D eigenvalue weighted by Gasteiger charge is 2.74. The number of benzene rings is 2. The van der Waals surface area contributed by atoms with Crippen LogP contribution in [0.25, 0.3) is 0 Å². The summed E-state index contributed by atoms with van der Waals surface area (Å²) in [6, 6.07) is 13.7. The summed E-state index contributed by atoms with van der Waals surface area (Å²) in [5.74, 6) is -2.06. The number of aryl methyl sites for hydroxylation is 2. The summed E-state index contributed by atoms with van der Waals surface area (Å²) in [5.41, 5.74) is 6.92. The molecule has 0 bridgehead atoms. The molecule has 1 saturated carbocycles. The summed E-state index contributed by atoms with van der Waals surface area (Å²) in [4.78, 5) is 11.8. The van der Waals surface area contributed by atoms with Crippen LogP contribution in [0.1, 0.15) is 29.5 Å². The molecule has 3 rings (SSSR count). The minimum absolute atomic E-state index is 0.104. The minimum Gasteiger partial charge on any atom is -0.480 e. The Balaban J connectivity index is 2.03. The first-order chi connectivity index (χ1) is 11.7. The molecule has 0 radical (unpaired) electrons. The summed E-state index contributed by atoms with van der Waals surface area (Å²) >= 11 is 0. The van der Waals surface area contributed by atoms with Gasteiger partial charge in [0.1, 0.15) is 10.8 Å². The van der Waals surface area contributed by atoms with Gasteiger partial charge in [-0.15, -0.1) is 0 Å². The lowest BCUT2D eigenvalue weighted by molar-refractivity contribution is -0.139. The second-order valence-corrected chi connectivity index (χ2v) is 8.66. The van der Waals surface area contributed by atoms with Crippen molar-refractivity contribution in [1.82, 2.24) is 0 Å². The third kappa shape index (κ3) is 2.75. The van der Waals surface area contributed by atoms with Crippen LogP contribution in [0.5, 0.6) is 0 Å². The quantitative estimate of drug-likeness (QED) is 0.853. The zero-order valence-electron chi connectivity index (χ0n) is 14.1. The highest BCUT2D eigenvalue weighted by Crippen LogP contribution is 2.55. The van der Waals surface area contributed by atoms with Gasteiger partial charge in [-0.3, -0.25) is 4.79 Å². The fourth-order valence-electron chi connectivity index (χ4n) is 3.35. The number of aliphatic carboxylic acids is 1. The topological polar surface area (TPSA) is 97.5 Å². The molecule has 0 unspecified atom stereocenters. The molecule has 1 aliphatic carbocycles. The van der Waals surface area contributed by atoms with Crippen molar-refractivity contribution in [3.8, 4) is 0 Å². The van der Waals surface area contributed by atoms with Crippen molar-refractivity contribution in [2.24, 2.45) is 5.73 Å². The molecule has 1 aliphatic rings. The second-order valence-electron chi connectivity index (χ2n) is 6.59. The Labute approximate surface area is 147 Å². The third-order valence-corrected chi connectivity index (χ3v) is 7.24. The number of hydrogen-bond acceptors (Lipinski definition) is 4. The van der Waals surface area contributed by atoms with Gasteiger partial charge in [-0.25, -0.2) is 8.42 Å². The monoisotopic (exact) mass is 359 g/mol. The smallest absolute Gasteiger partial charge is 0.325 e. The fourth-order valence-corrected chi connectivity index (χ4v) is 5.58. The highest BCUT2D eigenvalue weighted by atomic mass is 32.2. The lowest BCUT2D eigenvalue weighted by atomic mass is 10.0. The van der Waals surface area contributed by atoms with E-state index in [0.717, 1.165) is 17.5 Å². The van der Waals surface area contributed by atoms with Gasteiger partial charge in [-0.1, -0.05) is 48.9 Å². The summed E-state index contributed by atoms with van der Waals surface area (Å²) in [7, 11) is -3.85. The van der Waals surface area contributed by atoms with Crippen LogP contribution in [0, 0.1) is 6.92 Å². The maximum Gasteiger partial charge on any atom is 0.325 e. The number of carboxylic acid groups (broad SMARTS) is 1. The van der Waals surface area contributed by atoms with Gasteiger partial charge in [-0.05, 0) is 36.6 Å². The Morgan fingerprint density at radius 1 is 1.12 bits per heavy atom. The van der Waals surface area contributed by atoms with Crippen molar-refractivity contribution in [3.63, 3.8) is 0 Å². The lowest BCUT2D eigenvalue weighted by Gasteiger charge is -2.07. The fraction of sp³-hybridized carbons (Fsp3) is 0.316. The van der Waals surface area contributed by atoms with E-state index in [4.69, 9.17) is 5.73 Å². The van der Waals surface area contributed by atoms with Gasteiger partial charge in [0.05, 0.1) is 4.90 Å². The number of sulfone groups is 1. The second kappa shape index (κ2) is 5.97. The van der Waals surface area contributed by atoms with Crippen LogP contribution in [0.2, 0.25) is 0 Å². The normalized spacial score (nSPS) is 25.6. The first kappa shape index (κ1) is 17.6. The molecule has 3 N–H and O–H groups in total. The van der Waals surface area contributed by atoms with Gasteiger partial charge < -0.3 is 10.8 Å². The van der Waals surface area contributed by atoms with Crippen LogP contribution in [0.15, 0.2) is 53.4 Å². The molecule has 0 heterocycles. The summed E-state index contributed by atoms with van der Waals surface area (Å²) < 4.78 is 26.0. The van der Waals surface area contributed by atoms with Gasteiger partial charge in [0.15, 0.2) is 9.84 Å². The Bertz CT molecular complexity index is 903. The van der Waals surface area contributed by atoms with Crippen LogP contribution < -0.4 is 5.73 Å². The first-order valence-electron chi connectivity index (χ1n) is 8.14. The maximum atomic E-state index is 13.0. The van der Waals surface area contributed by atoms with Gasteiger partial charge in [-0.2, -0.15) is 0 Å². The van der Waals surface area contributed by atoms with Gasteiger partial charge in [0.2, 0.25) is 0 Å². The molecule has 3 atom stereocenters. The first-order valence-corrected chi connectivity index (χ1v) is 9.69. The van der Waals surface area contributed by atoms with E-state index >= 15 is 0 Å². The zero-order valence-corrected chi connectivity index (χ0v) is 15.0. The molecule has 2 aromatic carbocycles. The molecule has 1 fully saturated rings. The summed E-state index contributed by atoms with van der Waals surface area (Å²) in [6.45, 7) is 3.87. The molecule has 0 aromatic heterocycles. The van der Waals surface area contributed by atoms with Crippen LogP contribution in [0.3, 0.4) is 0 Å². The van der Waals surface area contributed by atoms with Crippen LogP contribution in [-0.4, -0.2) is 30.3 Å². The van der Waals surface area contributed by atoms with E-state index in [9.17, 15) is 18.3 Å². The zero-order chi connectivity index (χ0) is 18.4. The highest BCUT2D eigenvalue weighted by molar-refractivity contribution is 7.92. The van der Waals surface area contributed by atoms with Gasteiger partial charge >= 0.3 is 5.97 Å². The van der Waals surface area contributed by atoms with Crippen molar-refractivity contribution in [2.75, 3.05) is 0 Å². The Hall–Kier alpha value is -2.18. The molecule has 0 saturated heterocycles. The van der Waals surface area contributed by atoms with Crippen molar-refractivity contribution < 1.29 is 18.3 Å². The standard InChI is InChI=1S/C19H21NO4S/c1-3-13-6-8-14(9-7-13)16-17(19(16,20)18(21)22)25(23,24)15-10-4-12(2)5-11-15/h4-11,16-17H,3,20H2,1-2H3,(H,21,22)/t16-,17+,19-/m1/s1. The average Bonchev–Trinajstić information content (AvgIpc) is 3.24. The average molecular weight is 359 g/mol. The van der Waals surface area contributed by atoms with Crippen LogP contribution in [-0.2, 0) is 21.1 Å². The molecule has 5 nitrogen and oxygen atoms in total. The summed E-state index contributed by atoms with van der Waals surface area (Å²) in [5, 5.41) is 8.41. The predicted molar refractivity (Wildman–Crippen MR) is 95.3 cm³/mol. The largest absolute Gasteiger partial charge is 0.480 e. The van der Waals surface area contributed by atoms with Gasteiger partial charge in [0, 0.05) is 5.92 Å². The van der Waals surface area contributed by atoms with E-state index in [1.54, 1.807) is 24.3 Å². The molecule has 2 aromatic rings. The molecule has 0 amide bonds. The molecule has 0 spiro atoms. The predicted octanol–water partition coefficient (Wildman–Crippen LogP) is 2.28. The SMILES string of the molecule is CCc1ccc([C@@H]2[C@H](S(=O)(=O)c3ccc(C)cc3)[C@@]2(N)C(=O)O)cc1. The molecular formula is C19H21NO4S. The molecular weight excluding hydrogens is 338 g/mol. The number of carboxylic acids is 1. The molecule has 25 heavy (non-hydrogen) atoms. The van der Waals surface area contributed by atoms with Crippen molar-refractivity contribution >= 4 is 15.8 Å². The van der Waals surface area contributed by atoms with Crippen molar-refractivity contribution in [3.05, 3.63) is 65.2 Å². The Kier molecular flexibility index (Phi) is 4.21. The Morgan fingerprint density at radius 2 is 1.68 bits per heavy atom. The van der Waals surface area contributed by atoms with Crippen molar-refractivity contribution in [1.29, 1.82) is 0 Å². The van der Waals surface area contributed by atoms with E-state index in [1.165, 1.54) is 12.1 Å². The number of carbonyl (C=O) groups is 1. The minimum atomic E-state index is -3.85. The maximum absolute atomic E-state index is 13.0. The number of nitrogens with two attached hydrogens (primary N) is 1. The summed E-state index contributed by atoms with van der Waals surface area (Å²) in [6.07, 6.45) is 0.850. The lowest BCUT2D eigenvalue weighted by Crippen LogP contribution is -2.39. The number of rotatable bonds is 5. The molecule has 0 aliphatic heterocycles. The molecule has 132 valence electrons. The van der Waals surface area contributed by atoms with Crippen molar-refractivity contribution in [2.45, 2.75) is 41.9 Å². The Morgan fingerprint density at radius 3 is 2.16 bits per heavy atom. The van der Waals surface area contributed by atoms with Gasteiger partial charge in [0.25, 0.3) is 0 Å². The van der Waals surface area contributed by atoms with E-state index in [1.807, 2.05) is 26.0 Å². The van der Waals surface area contributed by atoms with E-state index in [0.29, 0.717) is 5.56 Å². The molecule has 6 heteroatoms. The third-order valence-electron chi connectivity index (χ3n) is 4.98. The van der Waals surface area contributed by atoms with E-state index < -0.39 is 32.5 Å².